The Morgan fingerprint density at radius 1 is 1.38 bits per heavy atom. The number of aryl methyl sites for hydroxylation is 2. The fourth-order valence-electron chi connectivity index (χ4n) is 1.34. The summed E-state index contributed by atoms with van der Waals surface area (Å²) in [6.07, 6.45) is 0. The van der Waals surface area contributed by atoms with E-state index in [2.05, 4.69) is 0 Å². The molecule has 1 rings (SSSR count). The quantitative estimate of drug-likeness (QED) is 0.765. The van der Waals surface area contributed by atoms with E-state index in [0.29, 0.717) is 5.02 Å². The normalized spacial score (nSPS) is 13.0. The number of rotatable bonds is 2. The molecule has 1 aromatic carbocycles. The molecule has 0 saturated heterocycles. The van der Waals surface area contributed by atoms with Crippen LogP contribution in [0.15, 0.2) is 12.1 Å². The van der Waals surface area contributed by atoms with Gasteiger partial charge in [-0.1, -0.05) is 17.7 Å². The Bertz CT molecular complexity index is 312. The van der Waals surface area contributed by atoms with Crippen molar-refractivity contribution in [1.29, 1.82) is 0 Å². The number of benzene rings is 1. The first-order valence-electron chi connectivity index (χ1n) is 4.19. The van der Waals surface area contributed by atoms with E-state index in [4.69, 9.17) is 22.4 Å². The third-order valence-corrected chi connectivity index (χ3v) is 2.55. The Morgan fingerprint density at radius 2 is 2.00 bits per heavy atom. The first-order valence-corrected chi connectivity index (χ1v) is 4.57. The maximum absolute atomic E-state index is 8.90. The molecular formula is C10H14ClNO. The van der Waals surface area contributed by atoms with Crippen molar-refractivity contribution >= 4 is 11.6 Å². The van der Waals surface area contributed by atoms with Crippen molar-refractivity contribution < 1.29 is 5.11 Å². The highest BCUT2D eigenvalue weighted by atomic mass is 35.5. The van der Waals surface area contributed by atoms with E-state index in [9.17, 15) is 0 Å². The lowest BCUT2D eigenvalue weighted by atomic mass is 10.0. The van der Waals surface area contributed by atoms with Crippen LogP contribution in [-0.2, 0) is 0 Å². The summed E-state index contributed by atoms with van der Waals surface area (Å²) in [6, 6.07) is 3.47. The summed E-state index contributed by atoms with van der Waals surface area (Å²) in [5, 5.41) is 9.60. The SMILES string of the molecule is Cc1cc(C)c(C(N)CO)cc1Cl. The topological polar surface area (TPSA) is 46.2 Å². The standard InChI is InChI=1S/C10H14ClNO/c1-6-3-7(2)9(11)4-8(6)10(12)5-13/h3-4,10,13H,5,12H2,1-2H3. The molecule has 0 aliphatic carbocycles. The van der Waals surface area contributed by atoms with Gasteiger partial charge in [-0.15, -0.1) is 0 Å². The monoisotopic (exact) mass is 199 g/mol. The average Bonchev–Trinajstić information content (AvgIpc) is 2.10. The fourth-order valence-corrected chi connectivity index (χ4v) is 1.51. The van der Waals surface area contributed by atoms with Crippen LogP contribution in [-0.4, -0.2) is 11.7 Å². The zero-order chi connectivity index (χ0) is 10.0. The van der Waals surface area contributed by atoms with E-state index in [-0.39, 0.29) is 12.6 Å². The van der Waals surface area contributed by atoms with Gasteiger partial charge < -0.3 is 10.8 Å². The van der Waals surface area contributed by atoms with Gasteiger partial charge in [-0.05, 0) is 36.6 Å². The minimum atomic E-state index is -0.335. The molecule has 0 spiro atoms. The van der Waals surface area contributed by atoms with Gasteiger partial charge in [0.05, 0.1) is 12.6 Å². The maximum atomic E-state index is 8.90. The number of hydrogen-bond acceptors (Lipinski definition) is 2. The highest BCUT2D eigenvalue weighted by molar-refractivity contribution is 6.31. The van der Waals surface area contributed by atoms with Gasteiger partial charge in [0.1, 0.15) is 0 Å². The number of halogens is 1. The van der Waals surface area contributed by atoms with Gasteiger partial charge in [0.25, 0.3) is 0 Å². The van der Waals surface area contributed by atoms with Gasteiger partial charge in [0.2, 0.25) is 0 Å². The number of aliphatic hydroxyl groups is 1. The molecule has 0 bridgehead atoms. The van der Waals surface area contributed by atoms with E-state index in [0.717, 1.165) is 16.7 Å². The largest absolute Gasteiger partial charge is 0.394 e. The van der Waals surface area contributed by atoms with Gasteiger partial charge in [-0.25, -0.2) is 0 Å². The molecule has 3 N–H and O–H groups in total. The summed E-state index contributed by atoms with van der Waals surface area (Å²) in [5.41, 5.74) is 8.73. The first-order chi connectivity index (χ1) is 6.06. The molecule has 3 heteroatoms. The molecule has 0 fully saturated rings. The van der Waals surface area contributed by atoms with Crippen molar-refractivity contribution in [1.82, 2.24) is 0 Å². The summed E-state index contributed by atoms with van der Waals surface area (Å²) in [4.78, 5) is 0. The summed E-state index contributed by atoms with van der Waals surface area (Å²) < 4.78 is 0. The zero-order valence-corrected chi connectivity index (χ0v) is 8.60. The van der Waals surface area contributed by atoms with Crippen LogP contribution in [0.4, 0.5) is 0 Å². The molecule has 13 heavy (non-hydrogen) atoms. The molecule has 0 aliphatic heterocycles. The minimum absolute atomic E-state index is 0.0553. The van der Waals surface area contributed by atoms with Crippen molar-refractivity contribution in [2.24, 2.45) is 5.73 Å². The lowest BCUT2D eigenvalue weighted by Crippen LogP contribution is -2.15. The predicted molar refractivity (Wildman–Crippen MR) is 54.9 cm³/mol. The van der Waals surface area contributed by atoms with Crippen LogP contribution >= 0.6 is 11.6 Å². The first kappa shape index (κ1) is 10.5. The van der Waals surface area contributed by atoms with Crippen LogP contribution in [0, 0.1) is 13.8 Å². The molecule has 0 aromatic heterocycles. The second kappa shape index (κ2) is 4.09. The van der Waals surface area contributed by atoms with Gasteiger partial charge in [0.15, 0.2) is 0 Å². The Hall–Kier alpha value is -0.570. The maximum Gasteiger partial charge on any atom is 0.0624 e. The second-order valence-corrected chi connectivity index (χ2v) is 3.65. The van der Waals surface area contributed by atoms with Crippen LogP contribution in [0.2, 0.25) is 5.02 Å². The molecule has 0 heterocycles. The van der Waals surface area contributed by atoms with E-state index in [1.807, 2.05) is 26.0 Å². The summed E-state index contributed by atoms with van der Waals surface area (Å²) in [7, 11) is 0. The summed E-state index contributed by atoms with van der Waals surface area (Å²) in [6.45, 7) is 3.86. The van der Waals surface area contributed by atoms with Crippen molar-refractivity contribution in [2.45, 2.75) is 19.9 Å². The molecular weight excluding hydrogens is 186 g/mol. The molecule has 0 amide bonds. The second-order valence-electron chi connectivity index (χ2n) is 3.25. The van der Waals surface area contributed by atoms with Crippen LogP contribution in [0.5, 0.6) is 0 Å². The molecule has 0 aliphatic rings. The minimum Gasteiger partial charge on any atom is -0.394 e. The van der Waals surface area contributed by atoms with E-state index < -0.39 is 0 Å². The van der Waals surface area contributed by atoms with Crippen molar-refractivity contribution in [2.75, 3.05) is 6.61 Å². The fraction of sp³-hybridized carbons (Fsp3) is 0.400. The van der Waals surface area contributed by atoms with Crippen LogP contribution in [0.1, 0.15) is 22.7 Å². The zero-order valence-electron chi connectivity index (χ0n) is 7.84. The average molecular weight is 200 g/mol. The number of aliphatic hydroxyl groups excluding tert-OH is 1. The van der Waals surface area contributed by atoms with E-state index >= 15 is 0 Å². The third kappa shape index (κ3) is 2.21. The molecule has 0 saturated carbocycles. The highest BCUT2D eigenvalue weighted by Crippen LogP contribution is 2.23. The summed E-state index contributed by atoms with van der Waals surface area (Å²) >= 11 is 5.95. The third-order valence-electron chi connectivity index (χ3n) is 2.14. The molecule has 1 aromatic rings. The van der Waals surface area contributed by atoms with Crippen molar-refractivity contribution in [3.05, 3.63) is 33.8 Å². The van der Waals surface area contributed by atoms with E-state index in [1.165, 1.54) is 0 Å². The Morgan fingerprint density at radius 3 is 2.54 bits per heavy atom. The molecule has 0 radical (unpaired) electrons. The Kier molecular flexibility index (Phi) is 3.31. The Balaban J connectivity index is 3.15. The Labute approximate surface area is 83.3 Å². The highest BCUT2D eigenvalue weighted by Gasteiger charge is 2.09. The van der Waals surface area contributed by atoms with Crippen molar-refractivity contribution in [3.63, 3.8) is 0 Å². The van der Waals surface area contributed by atoms with Gasteiger partial charge in [-0.2, -0.15) is 0 Å². The van der Waals surface area contributed by atoms with E-state index in [1.54, 1.807) is 0 Å². The van der Waals surface area contributed by atoms with Gasteiger partial charge >= 0.3 is 0 Å². The lowest BCUT2D eigenvalue weighted by Gasteiger charge is -2.13. The van der Waals surface area contributed by atoms with Crippen LogP contribution in [0.3, 0.4) is 0 Å². The molecule has 2 nitrogen and oxygen atoms in total. The number of hydrogen-bond donors (Lipinski definition) is 2. The lowest BCUT2D eigenvalue weighted by molar-refractivity contribution is 0.267. The van der Waals surface area contributed by atoms with Gasteiger partial charge in [-0.3, -0.25) is 0 Å². The summed E-state index contributed by atoms with van der Waals surface area (Å²) in [5.74, 6) is 0. The van der Waals surface area contributed by atoms with Gasteiger partial charge in [0, 0.05) is 5.02 Å². The van der Waals surface area contributed by atoms with Crippen LogP contribution in [0.25, 0.3) is 0 Å². The molecule has 72 valence electrons. The van der Waals surface area contributed by atoms with Crippen LogP contribution < -0.4 is 5.73 Å². The smallest absolute Gasteiger partial charge is 0.0624 e. The number of nitrogens with two attached hydrogens (primary N) is 1. The molecule has 1 unspecified atom stereocenters. The predicted octanol–water partition coefficient (Wildman–Crippen LogP) is 1.95. The molecule has 1 atom stereocenters. The van der Waals surface area contributed by atoms with Crippen molar-refractivity contribution in [3.8, 4) is 0 Å².